The van der Waals surface area contributed by atoms with Crippen LogP contribution in [0, 0.1) is 13.8 Å². The number of sulfonamides is 1. The van der Waals surface area contributed by atoms with E-state index in [1.165, 1.54) is 36.6 Å². The summed E-state index contributed by atoms with van der Waals surface area (Å²) in [6.45, 7) is 3.55. The van der Waals surface area contributed by atoms with Gasteiger partial charge < -0.3 is 10.1 Å². The van der Waals surface area contributed by atoms with Crippen molar-refractivity contribution in [1.82, 2.24) is 4.98 Å². The summed E-state index contributed by atoms with van der Waals surface area (Å²) in [5.41, 5.74) is 1.09. The highest BCUT2D eigenvalue weighted by Crippen LogP contribution is 2.31. The van der Waals surface area contributed by atoms with E-state index in [1.54, 1.807) is 31.2 Å². The number of carbonyl (C=O) groups is 1. The van der Waals surface area contributed by atoms with Gasteiger partial charge in [-0.1, -0.05) is 23.7 Å². The van der Waals surface area contributed by atoms with Crippen LogP contribution in [0.15, 0.2) is 47.4 Å². The van der Waals surface area contributed by atoms with Crippen molar-refractivity contribution in [1.29, 1.82) is 0 Å². The Morgan fingerprint density at radius 1 is 1.14 bits per heavy atom. The topological polar surface area (TPSA) is 97.4 Å². The quantitative estimate of drug-likeness (QED) is 0.576. The van der Waals surface area contributed by atoms with Crippen LogP contribution < -0.4 is 14.8 Å². The number of nitrogens with zero attached hydrogens (tertiary/aromatic N) is 1. The lowest BCUT2D eigenvalue weighted by atomic mass is 10.2. The number of ether oxygens (including phenoxy) is 1. The Labute approximate surface area is 177 Å². The zero-order valence-electron chi connectivity index (χ0n) is 15.8. The molecule has 0 aliphatic rings. The molecule has 7 nitrogen and oxygen atoms in total. The lowest BCUT2D eigenvalue weighted by Crippen LogP contribution is -2.16. The van der Waals surface area contributed by atoms with Gasteiger partial charge in [0.2, 0.25) is 0 Å². The Kier molecular flexibility index (Phi) is 6.11. The molecule has 0 saturated carbocycles. The summed E-state index contributed by atoms with van der Waals surface area (Å²) in [6.07, 6.45) is 0. The summed E-state index contributed by atoms with van der Waals surface area (Å²) in [5.74, 6) is -0.0612. The molecule has 0 unspecified atom stereocenters. The number of hydrogen-bond acceptors (Lipinski definition) is 6. The number of thiazole rings is 1. The van der Waals surface area contributed by atoms with E-state index < -0.39 is 10.0 Å². The lowest BCUT2D eigenvalue weighted by molar-refractivity contribution is 0.102. The van der Waals surface area contributed by atoms with Gasteiger partial charge in [-0.3, -0.25) is 9.52 Å². The summed E-state index contributed by atoms with van der Waals surface area (Å²) >= 11 is 7.30. The maximum absolute atomic E-state index is 12.8. The fourth-order valence-corrected chi connectivity index (χ4v) is 4.78. The molecule has 0 bridgehead atoms. The molecule has 0 fully saturated rings. The molecule has 1 amide bonds. The number of amides is 1. The van der Waals surface area contributed by atoms with Crippen molar-refractivity contribution in [2.24, 2.45) is 0 Å². The highest BCUT2D eigenvalue weighted by molar-refractivity contribution is 7.92. The first-order valence-corrected chi connectivity index (χ1v) is 11.1. The van der Waals surface area contributed by atoms with E-state index in [4.69, 9.17) is 16.3 Å². The molecule has 0 radical (unpaired) electrons. The molecular weight excluding hydrogens is 434 g/mol. The number of aromatic nitrogens is 1. The van der Waals surface area contributed by atoms with E-state index in [0.29, 0.717) is 16.3 Å². The maximum atomic E-state index is 12.8. The SMILES string of the molecule is COc1ccc(S(=O)(=O)Nc2ccccc2Cl)cc1NC(=O)c1sc(C)nc1C. The van der Waals surface area contributed by atoms with Gasteiger partial charge in [0.05, 0.1) is 39.1 Å². The second kappa shape index (κ2) is 8.40. The van der Waals surface area contributed by atoms with Crippen LogP contribution in [0.5, 0.6) is 5.75 Å². The van der Waals surface area contributed by atoms with Crippen molar-refractivity contribution in [2.45, 2.75) is 18.7 Å². The van der Waals surface area contributed by atoms with Crippen molar-refractivity contribution in [3.63, 3.8) is 0 Å². The average Bonchev–Trinajstić information content (AvgIpc) is 3.01. The minimum absolute atomic E-state index is 0.0503. The monoisotopic (exact) mass is 451 g/mol. The van der Waals surface area contributed by atoms with Crippen molar-refractivity contribution >= 4 is 50.2 Å². The predicted octanol–water partition coefficient (Wildman–Crippen LogP) is 4.48. The second-order valence-corrected chi connectivity index (χ2v) is 9.34. The van der Waals surface area contributed by atoms with Gasteiger partial charge in [-0.05, 0) is 44.2 Å². The highest BCUT2D eigenvalue weighted by atomic mass is 35.5. The van der Waals surface area contributed by atoms with Crippen LogP contribution in [0.1, 0.15) is 20.4 Å². The van der Waals surface area contributed by atoms with Crippen LogP contribution in [0.3, 0.4) is 0 Å². The average molecular weight is 452 g/mol. The van der Waals surface area contributed by atoms with E-state index >= 15 is 0 Å². The van der Waals surface area contributed by atoms with Gasteiger partial charge in [-0.15, -0.1) is 11.3 Å². The van der Waals surface area contributed by atoms with Crippen molar-refractivity contribution < 1.29 is 17.9 Å². The first kappa shape index (κ1) is 21.1. The summed E-state index contributed by atoms with van der Waals surface area (Å²) in [4.78, 5) is 17.3. The largest absolute Gasteiger partial charge is 0.495 e. The number of hydrogen-bond donors (Lipinski definition) is 2. The first-order valence-electron chi connectivity index (χ1n) is 8.42. The summed E-state index contributed by atoms with van der Waals surface area (Å²) < 4.78 is 33.3. The number of methoxy groups -OCH3 is 1. The van der Waals surface area contributed by atoms with Crippen LogP contribution in [-0.2, 0) is 10.0 Å². The van der Waals surface area contributed by atoms with E-state index in [0.717, 1.165) is 5.01 Å². The number of benzene rings is 2. The smallest absolute Gasteiger partial charge is 0.267 e. The van der Waals surface area contributed by atoms with Gasteiger partial charge in [0, 0.05) is 0 Å². The lowest BCUT2D eigenvalue weighted by Gasteiger charge is -2.13. The van der Waals surface area contributed by atoms with Crippen molar-refractivity contribution in [3.8, 4) is 5.75 Å². The maximum Gasteiger partial charge on any atom is 0.267 e. The minimum atomic E-state index is -3.94. The standard InChI is InChI=1S/C19H18ClN3O4S2/c1-11-18(28-12(2)21-11)19(24)22-16-10-13(8-9-17(16)27-3)29(25,26)23-15-7-5-4-6-14(15)20/h4-10,23H,1-3H3,(H,22,24). The van der Waals surface area contributed by atoms with Gasteiger partial charge in [0.25, 0.3) is 15.9 Å². The Balaban J connectivity index is 1.93. The molecule has 0 saturated heterocycles. The Morgan fingerprint density at radius 2 is 1.86 bits per heavy atom. The molecule has 0 aliphatic carbocycles. The fraction of sp³-hybridized carbons (Fsp3) is 0.158. The number of carbonyl (C=O) groups excluding carboxylic acids is 1. The number of halogens is 1. The molecule has 0 atom stereocenters. The van der Waals surface area contributed by atoms with Crippen LogP contribution in [-0.4, -0.2) is 26.4 Å². The zero-order chi connectivity index (χ0) is 21.2. The number of anilines is 2. The van der Waals surface area contributed by atoms with Crippen LogP contribution in [0.2, 0.25) is 5.02 Å². The number of para-hydroxylation sites is 1. The van der Waals surface area contributed by atoms with Crippen LogP contribution >= 0.6 is 22.9 Å². The van der Waals surface area contributed by atoms with Crippen LogP contribution in [0.4, 0.5) is 11.4 Å². The Bertz CT molecular complexity index is 1180. The predicted molar refractivity (Wildman–Crippen MR) is 115 cm³/mol. The summed E-state index contributed by atoms with van der Waals surface area (Å²) in [6, 6.07) is 10.7. The third kappa shape index (κ3) is 4.69. The summed E-state index contributed by atoms with van der Waals surface area (Å²) in [5, 5.41) is 3.74. The van der Waals surface area contributed by atoms with Crippen molar-refractivity contribution in [2.75, 3.05) is 17.1 Å². The van der Waals surface area contributed by atoms with Gasteiger partial charge in [0.1, 0.15) is 10.6 Å². The molecule has 3 aromatic rings. The fourth-order valence-electron chi connectivity index (χ4n) is 2.62. The van der Waals surface area contributed by atoms with Crippen LogP contribution in [0.25, 0.3) is 0 Å². The van der Waals surface area contributed by atoms with E-state index in [1.807, 2.05) is 6.92 Å². The van der Waals surface area contributed by atoms with Gasteiger partial charge >= 0.3 is 0 Å². The third-order valence-corrected chi connectivity index (χ3v) is 6.72. The molecule has 0 aliphatic heterocycles. The summed E-state index contributed by atoms with van der Waals surface area (Å²) in [7, 11) is -2.51. The molecule has 3 rings (SSSR count). The third-order valence-electron chi connectivity index (χ3n) is 3.96. The normalized spacial score (nSPS) is 11.2. The molecule has 2 aromatic carbocycles. The molecule has 152 valence electrons. The van der Waals surface area contributed by atoms with Gasteiger partial charge in [0.15, 0.2) is 0 Å². The molecule has 10 heteroatoms. The molecule has 1 heterocycles. The van der Waals surface area contributed by atoms with E-state index in [2.05, 4.69) is 15.0 Å². The number of rotatable bonds is 6. The molecule has 0 spiro atoms. The molecule has 29 heavy (non-hydrogen) atoms. The van der Waals surface area contributed by atoms with E-state index in [-0.39, 0.29) is 27.2 Å². The number of aryl methyl sites for hydroxylation is 2. The van der Waals surface area contributed by atoms with Crippen molar-refractivity contribution in [3.05, 3.63) is 63.1 Å². The first-order chi connectivity index (χ1) is 13.7. The molecule has 2 N–H and O–H groups in total. The molecular formula is C19H18ClN3O4S2. The van der Waals surface area contributed by atoms with E-state index in [9.17, 15) is 13.2 Å². The van der Waals surface area contributed by atoms with Gasteiger partial charge in [-0.25, -0.2) is 13.4 Å². The minimum Gasteiger partial charge on any atom is -0.495 e. The second-order valence-electron chi connectivity index (χ2n) is 6.05. The Morgan fingerprint density at radius 3 is 2.48 bits per heavy atom. The molecule has 1 aromatic heterocycles. The highest BCUT2D eigenvalue weighted by Gasteiger charge is 2.20. The zero-order valence-corrected chi connectivity index (χ0v) is 18.2. The van der Waals surface area contributed by atoms with Gasteiger partial charge in [-0.2, -0.15) is 0 Å². The Hall–Kier alpha value is -2.62. The number of nitrogens with one attached hydrogen (secondary N) is 2.